The van der Waals surface area contributed by atoms with E-state index in [1.54, 1.807) is 4.90 Å². The van der Waals surface area contributed by atoms with E-state index in [0.717, 1.165) is 0 Å². The topological polar surface area (TPSA) is 90.8 Å². The molecule has 0 aliphatic carbocycles. The molecule has 2 aromatic heterocycles. The zero-order chi connectivity index (χ0) is 23.3. The fourth-order valence-corrected chi connectivity index (χ4v) is 4.77. The standard InChI is InChI=1S/C22H21Cl2F2N3O4/c23-14-6-17-21(19(24)22(27-17)33-13-5-12(8-30)32-9-13)28-20(14)18-15(25)3-10(4-16(18)26)29-2-1-11(31)7-29/h3-4,6,11-13,27,30-31H,1-2,5,7-9H2/t11-,12+,13+/m1/s1. The number of aliphatic hydroxyl groups excluding tert-OH is 2. The molecule has 2 aliphatic rings. The molecule has 7 nitrogen and oxygen atoms in total. The van der Waals surface area contributed by atoms with Crippen molar-refractivity contribution in [3.8, 4) is 17.1 Å². The number of β-amino-alcohol motifs (C(OH)–C–C–N with tert-alkyl or cyclic N) is 1. The van der Waals surface area contributed by atoms with Gasteiger partial charge in [0.2, 0.25) is 5.88 Å². The number of pyridine rings is 1. The number of nitrogens with one attached hydrogen (secondary N) is 1. The van der Waals surface area contributed by atoms with Gasteiger partial charge < -0.3 is 29.6 Å². The van der Waals surface area contributed by atoms with Crippen molar-refractivity contribution in [2.45, 2.75) is 31.2 Å². The lowest BCUT2D eigenvalue weighted by molar-refractivity contribution is 0.0531. The quantitative estimate of drug-likeness (QED) is 0.492. The summed E-state index contributed by atoms with van der Waals surface area (Å²) < 4.78 is 41.4. The van der Waals surface area contributed by atoms with Crippen molar-refractivity contribution in [1.29, 1.82) is 0 Å². The van der Waals surface area contributed by atoms with Crippen LogP contribution < -0.4 is 9.64 Å². The molecule has 0 saturated carbocycles. The van der Waals surface area contributed by atoms with Crippen molar-refractivity contribution in [2.24, 2.45) is 0 Å². The number of hydrogen-bond donors (Lipinski definition) is 3. The average molecular weight is 500 g/mol. The molecule has 3 N–H and O–H groups in total. The predicted octanol–water partition coefficient (Wildman–Crippen LogP) is 3.91. The highest BCUT2D eigenvalue weighted by Crippen LogP contribution is 2.40. The molecule has 33 heavy (non-hydrogen) atoms. The molecule has 0 spiro atoms. The maximum Gasteiger partial charge on any atom is 0.213 e. The average Bonchev–Trinajstić information content (AvgIpc) is 3.48. The van der Waals surface area contributed by atoms with Crippen LogP contribution in [0.2, 0.25) is 10.0 Å². The van der Waals surface area contributed by atoms with Crippen molar-refractivity contribution in [3.63, 3.8) is 0 Å². The summed E-state index contributed by atoms with van der Waals surface area (Å²) in [4.78, 5) is 9.06. The normalized spacial score (nSPS) is 23.1. The fraction of sp³-hybridized carbons (Fsp3) is 0.409. The molecule has 0 amide bonds. The van der Waals surface area contributed by atoms with Crippen molar-refractivity contribution >= 4 is 39.9 Å². The summed E-state index contributed by atoms with van der Waals surface area (Å²) in [5.74, 6) is -1.40. The van der Waals surface area contributed by atoms with Gasteiger partial charge >= 0.3 is 0 Å². The van der Waals surface area contributed by atoms with Crippen molar-refractivity contribution in [3.05, 3.63) is 39.9 Å². The summed E-state index contributed by atoms with van der Waals surface area (Å²) in [6.45, 7) is 1.02. The minimum absolute atomic E-state index is 0.0404. The Kier molecular flexibility index (Phi) is 6.09. The maximum absolute atomic E-state index is 15.0. The Balaban J connectivity index is 1.49. The molecule has 0 bridgehead atoms. The van der Waals surface area contributed by atoms with E-state index in [4.69, 9.17) is 32.7 Å². The number of anilines is 1. The molecule has 2 aliphatic heterocycles. The maximum atomic E-state index is 15.0. The molecule has 11 heteroatoms. The van der Waals surface area contributed by atoms with Crippen LogP contribution in [0.5, 0.6) is 5.88 Å². The highest BCUT2D eigenvalue weighted by atomic mass is 35.5. The minimum Gasteiger partial charge on any atom is -0.472 e. The van der Waals surface area contributed by atoms with E-state index < -0.39 is 17.7 Å². The number of aromatic amines is 1. The predicted molar refractivity (Wildman–Crippen MR) is 120 cm³/mol. The lowest BCUT2D eigenvalue weighted by atomic mass is 10.1. The number of aliphatic hydroxyl groups is 2. The first-order valence-corrected chi connectivity index (χ1v) is 11.3. The van der Waals surface area contributed by atoms with Gasteiger partial charge in [0.15, 0.2) is 0 Å². The highest BCUT2D eigenvalue weighted by molar-refractivity contribution is 6.38. The van der Waals surface area contributed by atoms with Crippen LogP contribution in [0.1, 0.15) is 12.8 Å². The monoisotopic (exact) mass is 499 g/mol. The van der Waals surface area contributed by atoms with Crippen LogP contribution in [0.15, 0.2) is 18.2 Å². The van der Waals surface area contributed by atoms with E-state index in [1.165, 1.54) is 18.2 Å². The second-order valence-corrected chi connectivity index (χ2v) is 9.05. The lowest BCUT2D eigenvalue weighted by Gasteiger charge is -2.19. The Morgan fingerprint density at radius 1 is 1.24 bits per heavy atom. The van der Waals surface area contributed by atoms with Crippen LogP contribution in [0.3, 0.4) is 0 Å². The van der Waals surface area contributed by atoms with Crippen LogP contribution in [-0.2, 0) is 4.74 Å². The lowest BCUT2D eigenvalue weighted by Crippen LogP contribution is -2.21. The largest absolute Gasteiger partial charge is 0.472 e. The van der Waals surface area contributed by atoms with Crippen LogP contribution in [0.4, 0.5) is 14.5 Å². The Morgan fingerprint density at radius 3 is 2.64 bits per heavy atom. The van der Waals surface area contributed by atoms with Gasteiger partial charge in [0.1, 0.15) is 28.3 Å². The first-order valence-electron chi connectivity index (χ1n) is 10.5. The van der Waals surface area contributed by atoms with E-state index in [-0.39, 0.29) is 51.5 Å². The first-order chi connectivity index (χ1) is 15.8. The zero-order valence-corrected chi connectivity index (χ0v) is 18.8. The van der Waals surface area contributed by atoms with Gasteiger partial charge in [-0.2, -0.15) is 0 Å². The second-order valence-electron chi connectivity index (χ2n) is 8.27. The van der Waals surface area contributed by atoms with Crippen LogP contribution >= 0.6 is 23.2 Å². The summed E-state index contributed by atoms with van der Waals surface area (Å²) in [6.07, 6.45) is -0.0895. The van der Waals surface area contributed by atoms with Gasteiger partial charge in [0.05, 0.1) is 47.2 Å². The molecular weight excluding hydrogens is 479 g/mol. The summed E-state index contributed by atoms with van der Waals surface area (Å²) in [6, 6.07) is 3.91. The third-order valence-electron chi connectivity index (χ3n) is 5.96. The third-order valence-corrected chi connectivity index (χ3v) is 6.59. The van der Waals surface area contributed by atoms with Gasteiger partial charge in [-0.15, -0.1) is 0 Å². The number of fused-ring (bicyclic) bond motifs is 1. The van der Waals surface area contributed by atoms with Gasteiger partial charge in [-0.25, -0.2) is 13.8 Å². The first kappa shape index (κ1) is 22.6. The smallest absolute Gasteiger partial charge is 0.213 e. The number of halogens is 4. The second kappa shape index (κ2) is 8.88. The molecule has 3 atom stereocenters. The van der Waals surface area contributed by atoms with Crippen molar-refractivity contribution < 1.29 is 28.5 Å². The van der Waals surface area contributed by atoms with E-state index in [9.17, 15) is 10.2 Å². The number of aromatic nitrogens is 2. The van der Waals surface area contributed by atoms with Gasteiger partial charge in [-0.1, -0.05) is 23.2 Å². The summed E-state index contributed by atoms with van der Waals surface area (Å²) in [5.41, 5.74) is 0.612. The summed E-state index contributed by atoms with van der Waals surface area (Å²) >= 11 is 12.8. The molecular formula is C22H21Cl2F2N3O4. The molecule has 5 rings (SSSR count). The molecule has 3 aromatic rings. The van der Waals surface area contributed by atoms with E-state index in [2.05, 4.69) is 9.97 Å². The Labute approximate surface area is 197 Å². The molecule has 0 radical (unpaired) electrons. The minimum atomic E-state index is -0.818. The van der Waals surface area contributed by atoms with Crippen LogP contribution in [-0.4, -0.2) is 64.8 Å². The van der Waals surface area contributed by atoms with E-state index in [1.807, 2.05) is 0 Å². The Bertz CT molecular complexity index is 1190. The fourth-order valence-electron chi connectivity index (χ4n) is 4.29. The van der Waals surface area contributed by atoms with Gasteiger partial charge in [0, 0.05) is 25.2 Å². The highest BCUT2D eigenvalue weighted by Gasteiger charge is 2.29. The third kappa shape index (κ3) is 4.24. The number of nitrogens with zero attached hydrogens (tertiary/aromatic N) is 2. The SMILES string of the molecule is OC[C@@H]1C[C@H](Oc2[nH]c3cc(Cl)c(-c4c(F)cc(N5CC[C@@H](O)C5)cc4F)nc3c2Cl)CO1. The Hall–Kier alpha value is -2.17. The van der Waals surface area contributed by atoms with Crippen LogP contribution in [0, 0.1) is 11.6 Å². The van der Waals surface area contributed by atoms with Crippen molar-refractivity contribution in [2.75, 3.05) is 31.2 Å². The molecule has 176 valence electrons. The van der Waals surface area contributed by atoms with E-state index in [0.29, 0.717) is 43.7 Å². The summed E-state index contributed by atoms with van der Waals surface area (Å²) in [7, 11) is 0. The van der Waals surface area contributed by atoms with Gasteiger partial charge in [-0.3, -0.25) is 0 Å². The number of hydrogen-bond acceptors (Lipinski definition) is 6. The number of benzene rings is 1. The molecule has 2 saturated heterocycles. The summed E-state index contributed by atoms with van der Waals surface area (Å²) in [5, 5.41) is 19.1. The molecule has 0 unspecified atom stereocenters. The number of ether oxygens (including phenoxy) is 2. The zero-order valence-electron chi connectivity index (χ0n) is 17.3. The van der Waals surface area contributed by atoms with Gasteiger partial charge in [-0.05, 0) is 24.6 Å². The van der Waals surface area contributed by atoms with Gasteiger partial charge in [0.25, 0.3) is 0 Å². The molecule has 2 fully saturated rings. The van der Waals surface area contributed by atoms with Crippen LogP contribution in [0.25, 0.3) is 22.3 Å². The Morgan fingerprint density at radius 2 is 2.00 bits per heavy atom. The van der Waals surface area contributed by atoms with Crippen molar-refractivity contribution in [1.82, 2.24) is 9.97 Å². The number of rotatable bonds is 5. The molecule has 1 aromatic carbocycles. The molecule has 4 heterocycles. The van der Waals surface area contributed by atoms with E-state index >= 15 is 8.78 Å². The number of H-pyrrole nitrogens is 1.